The molecular formula is C36H32N4O6. The lowest BCUT2D eigenvalue weighted by Gasteiger charge is -2.11. The van der Waals surface area contributed by atoms with E-state index in [1.54, 1.807) is 38.7 Å². The second kappa shape index (κ2) is 15.9. The predicted molar refractivity (Wildman–Crippen MR) is 172 cm³/mol. The molecule has 2 aliphatic heterocycles. The van der Waals surface area contributed by atoms with Gasteiger partial charge in [0.05, 0.1) is 26.3 Å². The molecule has 0 bridgehead atoms. The van der Waals surface area contributed by atoms with Gasteiger partial charge in [-0.15, -0.1) is 0 Å². The van der Waals surface area contributed by atoms with Crippen molar-refractivity contribution in [3.63, 3.8) is 0 Å². The Balaban J connectivity index is 0.000000181. The minimum absolute atomic E-state index is 0.258. The van der Waals surface area contributed by atoms with Crippen molar-refractivity contribution in [2.24, 2.45) is 0 Å². The maximum absolute atomic E-state index is 11.8. The number of cyclic esters (lactones) is 2. The van der Waals surface area contributed by atoms with E-state index >= 15 is 0 Å². The van der Waals surface area contributed by atoms with E-state index in [1.165, 1.54) is 9.80 Å². The van der Waals surface area contributed by atoms with Gasteiger partial charge in [0, 0.05) is 48.9 Å². The molecule has 2 saturated heterocycles. The molecule has 10 heteroatoms. The lowest BCUT2D eigenvalue weighted by atomic mass is 10.2. The average molecular weight is 617 g/mol. The van der Waals surface area contributed by atoms with E-state index in [-0.39, 0.29) is 12.2 Å². The Morgan fingerprint density at radius 1 is 0.609 bits per heavy atom. The zero-order chi connectivity index (χ0) is 32.1. The average Bonchev–Trinajstić information content (AvgIpc) is 3.65. The number of carbonyl (C=O) groups is 2. The van der Waals surface area contributed by atoms with E-state index in [0.29, 0.717) is 37.9 Å². The van der Waals surface area contributed by atoms with Crippen molar-refractivity contribution in [1.82, 2.24) is 9.97 Å². The highest BCUT2D eigenvalue weighted by Gasteiger charge is 2.33. The molecule has 4 aromatic rings. The van der Waals surface area contributed by atoms with E-state index in [9.17, 15) is 9.59 Å². The van der Waals surface area contributed by atoms with Gasteiger partial charge >= 0.3 is 12.2 Å². The number of anilines is 2. The number of rotatable bonds is 6. The quantitative estimate of drug-likeness (QED) is 0.282. The van der Waals surface area contributed by atoms with Crippen LogP contribution in [0.2, 0.25) is 0 Å². The maximum Gasteiger partial charge on any atom is 0.416 e. The van der Waals surface area contributed by atoms with E-state index < -0.39 is 12.2 Å². The zero-order valence-corrected chi connectivity index (χ0v) is 25.5. The minimum Gasteiger partial charge on any atom is -0.441 e. The van der Waals surface area contributed by atoms with Crippen LogP contribution in [0.15, 0.2) is 97.3 Å². The van der Waals surface area contributed by atoms with Gasteiger partial charge in [-0.2, -0.15) is 0 Å². The number of hydrogen-bond donors (Lipinski definition) is 0. The van der Waals surface area contributed by atoms with Gasteiger partial charge in [-0.25, -0.2) is 19.6 Å². The summed E-state index contributed by atoms with van der Waals surface area (Å²) in [7, 11) is 3.16. The molecular weight excluding hydrogens is 584 g/mol. The van der Waals surface area contributed by atoms with Crippen LogP contribution in [0, 0.1) is 23.7 Å². The number of nitrogens with zero attached hydrogens (tertiary/aromatic N) is 4. The summed E-state index contributed by atoms with van der Waals surface area (Å²) >= 11 is 0. The summed E-state index contributed by atoms with van der Waals surface area (Å²) in [6.45, 7) is 1.63. The Morgan fingerprint density at radius 3 is 1.35 bits per heavy atom. The standard InChI is InChI=1S/2C18H16N2O3/c2*1-22-13-16-12-20(18(21)23-16)17-10-9-15(11-19-17)8-7-14-5-3-2-4-6-14/h2*2-6,9-11,16H,12-13H2,1H3/t2*16-/m10/s1. The number of benzene rings is 2. The molecule has 0 unspecified atom stereocenters. The van der Waals surface area contributed by atoms with Crippen molar-refractivity contribution in [2.75, 3.05) is 50.3 Å². The first kappa shape index (κ1) is 31.7. The SMILES string of the molecule is COC[C@@H]1CN(c2ccc(C#Cc3ccccc3)cn2)C(=O)O1.COC[C@H]1CN(c2ccc(C#Cc3ccccc3)cn2)C(=O)O1. The first-order valence-electron chi connectivity index (χ1n) is 14.5. The largest absolute Gasteiger partial charge is 0.441 e. The third kappa shape index (κ3) is 8.70. The van der Waals surface area contributed by atoms with Crippen molar-refractivity contribution in [2.45, 2.75) is 12.2 Å². The lowest BCUT2D eigenvalue weighted by molar-refractivity contribution is 0.0715. The van der Waals surface area contributed by atoms with Crippen LogP contribution in [-0.4, -0.2) is 74.9 Å². The van der Waals surface area contributed by atoms with Gasteiger partial charge in [0.2, 0.25) is 0 Å². The van der Waals surface area contributed by atoms with E-state index in [0.717, 1.165) is 22.3 Å². The monoisotopic (exact) mass is 616 g/mol. The normalized spacial score (nSPS) is 16.7. The minimum atomic E-state index is -0.400. The molecule has 2 amide bonds. The second-order valence-electron chi connectivity index (χ2n) is 10.2. The zero-order valence-electron chi connectivity index (χ0n) is 25.5. The van der Waals surface area contributed by atoms with Crippen LogP contribution in [0.4, 0.5) is 21.2 Å². The molecule has 2 fully saturated rings. The van der Waals surface area contributed by atoms with Gasteiger partial charge in [0.25, 0.3) is 0 Å². The van der Waals surface area contributed by atoms with Crippen LogP contribution >= 0.6 is 0 Å². The molecule has 2 aromatic heterocycles. The molecule has 0 spiro atoms. The maximum atomic E-state index is 11.8. The second-order valence-corrected chi connectivity index (χ2v) is 10.2. The summed E-state index contributed by atoms with van der Waals surface area (Å²) in [5.41, 5.74) is 3.47. The molecule has 2 atom stereocenters. The van der Waals surface area contributed by atoms with Crippen LogP contribution in [0.25, 0.3) is 0 Å². The molecule has 6 rings (SSSR count). The number of ether oxygens (including phenoxy) is 4. The molecule has 2 aliphatic rings. The molecule has 232 valence electrons. The van der Waals surface area contributed by atoms with Crippen molar-refractivity contribution in [3.05, 3.63) is 120 Å². The summed E-state index contributed by atoms with van der Waals surface area (Å²) in [5.74, 6) is 13.4. The van der Waals surface area contributed by atoms with Crippen LogP contribution < -0.4 is 9.80 Å². The van der Waals surface area contributed by atoms with E-state index in [2.05, 4.69) is 33.6 Å². The summed E-state index contributed by atoms with van der Waals surface area (Å²) in [6, 6.07) is 26.7. The fourth-order valence-corrected chi connectivity index (χ4v) is 4.53. The summed E-state index contributed by atoms with van der Waals surface area (Å²) in [6.07, 6.45) is 1.99. The highest BCUT2D eigenvalue weighted by Crippen LogP contribution is 2.21. The Bertz CT molecular complexity index is 1600. The predicted octanol–water partition coefficient (Wildman–Crippen LogP) is 4.91. The number of methoxy groups -OCH3 is 2. The Hall–Kier alpha value is -5.68. The van der Waals surface area contributed by atoms with Crippen LogP contribution in [0.1, 0.15) is 22.3 Å². The number of amides is 2. The summed E-state index contributed by atoms with van der Waals surface area (Å²) < 4.78 is 20.4. The number of carbonyl (C=O) groups excluding carboxylic acids is 2. The van der Waals surface area contributed by atoms with Gasteiger partial charge in [0.1, 0.15) is 23.8 Å². The fourth-order valence-electron chi connectivity index (χ4n) is 4.53. The third-order valence-corrected chi connectivity index (χ3v) is 6.75. The van der Waals surface area contributed by atoms with Gasteiger partial charge < -0.3 is 18.9 Å². The Kier molecular flexibility index (Phi) is 10.9. The van der Waals surface area contributed by atoms with Gasteiger partial charge in [-0.3, -0.25) is 9.80 Å². The number of pyridine rings is 2. The molecule has 0 saturated carbocycles. The first-order valence-corrected chi connectivity index (χ1v) is 14.5. The van der Waals surface area contributed by atoms with Crippen LogP contribution in [-0.2, 0) is 18.9 Å². The third-order valence-electron chi connectivity index (χ3n) is 6.75. The highest BCUT2D eigenvalue weighted by molar-refractivity contribution is 5.89. The molecule has 46 heavy (non-hydrogen) atoms. The van der Waals surface area contributed by atoms with Crippen molar-refractivity contribution in [3.8, 4) is 23.7 Å². The molecule has 0 radical (unpaired) electrons. The van der Waals surface area contributed by atoms with E-state index in [1.807, 2.05) is 72.8 Å². The molecule has 0 N–H and O–H groups in total. The van der Waals surface area contributed by atoms with Crippen molar-refractivity contribution < 1.29 is 28.5 Å². The van der Waals surface area contributed by atoms with Crippen LogP contribution in [0.5, 0.6) is 0 Å². The highest BCUT2D eigenvalue weighted by atomic mass is 16.6. The van der Waals surface area contributed by atoms with Crippen molar-refractivity contribution >= 4 is 23.8 Å². The molecule has 10 nitrogen and oxygen atoms in total. The van der Waals surface area contributed by atoms with Gasteiger partial charge in [-0.05, 0) is 48.5 Å². The van der Waals surface area contributed by atoms with Crippen molar-refractivity contribution in [1.29, 1.82) is 0 Å². The van der Waals surface area contributed by atoms with E-state index in [4.69, 9.17) is 18.9 Å². The number of hydrogen-bond acceptors (Lipinski definition) is 8. The summed E-state index contributed by atoms with van der Waals surface area (Å²) in [5, 5.41) is 0. The molecule has 4 heterocycles. The smallest absolute Gasteiger partial charge is 0.416 e. The lowest BCUT2D eigenvalue weighted by Crippen LogP contribution is -2.26. The first-order chi connectivity index (χ1) is 22.5. The fraction of sp³-hybridized carbons (Fsp3) is 0.222. The Morgan fingerprint density at radius 2 is 1.00 bits per heavy atom. The topological polar surface area (TPSA) is 103 Å². The van der Waals surface area contributed by atoms with Crippen LogP contribution in [0.3, 0.4) is 0 Å². The molecule has 0 aliphatic carbocycles. The van der Waals surface area contributed by atoms with Gasteiger partial charge in [0.15, 0.2) is 0 Å². The Labute approximate surface area is 267 Å². The van der Waals surface area contributed by atoms with Gasteiger partial charge in [-0.1, -0.05) is 60.1 Å². The summed E-state index contributed by atoms with van der Waals surface area (Å²) in [4.78, 5) is 35.3. The molecule has 2 aromatic carbocycles. The number of aromatic nitrogens is 2.